The lowest BCUT2D eigenvalue weighted by molar-refractivity contribution is 0.0126. The van der Waals surface area contributed by atoms with Crippen LogP contribution >= 0.6 is 0 Å². The van der Waals surface area contributed by atoms with E-state index in [2.05, 4.69) is 36.7 Å². The van der Waals surface area contributed by atoms with Gasteiger partial charge in [-0.3, -0.25) is 4.79 Å². The zero-order chi connectivity index (χ0) is 18.3. The van der Waals surface area contributed by atoms with Crippen molar-refractivity contribution in [2.75, 3.05) is 26.7 Å². The Labute approximate surface area is 153 Å². The number of methoxy groups -OCH3 is 1. The fraction of sp³-hybridized carbons (Fsp3) is 0.762. The van der Waals surface area contributed by atoms with E-state index in [0.29, 0.717) is 5.92 Å². The maximum absolute atomic E-state index is 11.5. The number of H-pyrrole nitrogens is 1. The number of nitrogens with one attached hydrogen (secondary N) is 1. The normalized spacial score (nSPS) is 18.4. The summed E-state index contributed by atoms with van der Waals surface area (Å²) in [6.07, 6.45) is 9.05. The highest BCUT2D eigenvalue weighted by Gasteiger charge is 2.21. The first-order chi connectivity index (χ1) is 11.9. The number of hydrogen-bond acceptors (Lipinski definition) is 3. The van der Waals surface area contributed by atoms with Crippen LogP contribution in [0.3, 0.4) is 0 Å². The van der Waals surface area contributed by atoms with Crippen LogP contribution in [0.25, 0.3) is 0 Å². The van der Waals surface area contributed by atoms with Gasteiger partial charge in [0.05, 0.1) is 5.60 Å². The first kappa shape index (κ1) is 20.2. The van der Waals surface area contributed by atoms with Crippen LogP contribution in [0.15, 0.2) is 23.1 Å². The number of rotatable bonds is 9. The van der Waals surface area contributed by atoms with Gasteiger partial charge in [0.25, 0.3) is 0 Å². The van der Waals surface area contributed by atoms with Crippen LogP contribution < -0.4 is 5.56 Å². The summed E-state index contributed by atoms with van der Waals surface area (Å²) in [6.45, 7) is 10.2. The van der Waals surface area contributed by atoms with Gasteiger partial charge >= 0.3 is 0 Å². The minimum atomic E-state index is 0.0146. The maximum atomic E-state index is 11.5. The van der Waals surface area contributed by atoms with Crippen molar-refractivity contribution in [3.8, 4) is 0 Å². The maximum Gasteiger partial charge on any atom is 0.248 e. The third-order valence-electron chi connectivity index (χ3n) is 5.82. The molecule has 2 heterocycles. The molecule has 4 nitrogen and oxygen atoms in total. The number of hydrogen-bond donors (Lipinski definition) is 1. The molecular weight excluding hydrogens is 312 g/mol. The number of aromatic nitrogens is 1. The highest BCUT2D eigenvalue weighted by atomic mass is 16.5. The SMILES string of the molecule is COC(C)(C)CCCC(C)CCN1CCC(c2cc[nH]c(=O)c2)CC1. The molecule has 1 atom stereocenters. The molecule has 1 saturated heterocycles. The van der Waals surface area contributed by atoms with Crippen molar-refractivity contribution in [2.45, 2.75) is 70.8 Å². The number of piperidine rings is 1. The van der Waals surface area contributed by atoms with Crippen molar-refractivity contribution in [1.29, 1.82) is 0 Å². The van der Waals surface area contributed by atoms with Gasteiger partial charge in [0.15, 0.2) is 0 Å². The number of aromatic amines is 1. The van der Waals surface area contributed by atoms with Crippen molar-refractivity contribution in [2.24, 2.45) is 5.92 Å². The first-order valence-electron chi connectivity index (χ1n) is 9.86. The van der Waals surface area contributed by atoms with E-state index in [1.807, 2.05) is 0 Å². The van der Waals surface area contributed by atoms with Crippen LogP contribution in [0, 0.1) is 5.92 Å². The van der Waals surface area contributed by atoms with Crippen LogP contribution in [-0.4, -0.2) is 42.2 Å². The highest BCUT2D eigenvalue weighted by molar-refractivity contribution is 5.16. The lowest BCUT2D eigenvalue weighted by Crippen LogP contribution is -2.34. The molecule has 1 fully saturated rings. The number of likely N-dealkylation sites (tertiary alicyclic amines) is 1. The van der Waals surface area contributed by atoms with Crippen molar-refractivity contribution < 1.29 is 4.74 Å². The molecule has 2 rings (SSSR count). The molecule has 142 valence electrons. The second-order valence-corrected chi connectivity index (χ2v) is 8.35. The lowest BCUT2D eigenvalue weighted by Gasteiger charge is -2.32. The summed E-state index contributed by atoms with van der Waals surface area (Å²) in [5.41, 5.74) is 1.24. The molecule has 1 aromatic heterocycles. The van der Waals surface area contributed by atoms with Crippen LogP contribution in [0.2, 0.25) is 0 Å². The van der Waals surface area contributed by atoms with E-state index in [0.717, 1.165) is 25.4 Å². The molecule has 0 saturated carbocycles. The average Bonchev–Trinajstić information content (AvgIpc) is 2.60. The predicted molar refractivity (Wildman–Crippen MR) is 104 cm³/mol. The van der Waals surface area contributed by atoms with Gasteiger partial charge in [-0.15, -0.1) is 0 Å². The number of nitrogens with zero attached hydrogens (tertiary/aromatic N) is 1. The Bertz CT molecular complexity index is 559. The third-order valence-corrected chi connectivity index (χ3v) is 5.82. The second kappa shape index (κ2) is 9.54. The fourth-order valence-electron chi connectivity index (χ4n) is 3.73. The largest absolute Gasteiger partial charge is 0.379 e. The van der Waals surface area contributed by atoms with E-state index >= 15 is 0 Å². The molecule has 1 aliphatic heterocycles. The van der Waals surface area contributed by atoms with Crippen LogP contribution in [0.5, 0.6) is 0 Å². The third kappa shape index (κ3) is 6.95. The Morgan fingerprint density at radius 3 is 2.68 bits per heavy atom. The molecule has 0 amide bonds. The quantitative estimate of drug-likeness (QED) is 0.728. The van der Waals surface area contributed by atoms with Gasteiger partial charge in [-0.2, -0.15) is 0 Å². The summed E-state index contributed by atoms with van der Waals surface area (Å²) < 4.78 is 5.50. The zero-order valence-electron chi connectivity index (χ0n) is 16.5. The number of pyridine rings is 1. The smallest absolute Gasteiger partial charge is 0.248 e. The van der Waals surface area contributed by atoms with E-state index in [9.17, 15) is 4.79 Å². The Morgan fingerprint density at radius 1 is 1.32 bits per heavy atom. The molecule has 1 N–H and O–H groups in total. The highest BCUT2D eigenvalue weighted by Crippen LogP contribution is 2.27. The molecule has 0 radical (unpaired) electrons. The van der Waals surface area contributed by atoms with Crippen LogP contribution in [0.4, 0.5) is 0 Å². The number of ether oxygens (including phenoxy) is 1. The molecule has 1 aromatic rings. The summed E-state index contributed by atoms with van der Waals surface area (Å²) in [6, 6.07) is 3.83. The minimum absolute atomic E-state index is 0.0146. The van der Waals surface area contributed by atoms with Crippen LogP contribution in [-0.2, 0) is 4.74 Å². The van der Waals surface area contributed by atoms with Gasteiger partial charge in [0.1, 0.15) is 0 Å². The Kier molecular flexibility index (Phi) is 7.70. The van der Waals surface area contributed by atoms with Gasteiger partial charge in [0, 0.05) is 19.4 Å². The van der Waals surface area contributed by atoms with Gasteiger partial charge in [-0.05, 0) is 82.6 Å². The molecule has 1 unspecified atom stereocenters. The summed E-state index contributed by atoms with van der Waals surface area (Å²) >= 11 is 0. The minimum Gasteiger partial charge on any atom is -0.379 e. The topological polar surface area (TPSA) is 45.3 Å². The molecule has 4 heteroatoms. The molecule has 1 aliphatic rings. The summed E-state index contributed by atoms with van der Waals surface area (Å²) in [7, 11) is 1.80. The summed E-state index contributed by atoms with van der Waals surface area (Å²) in [4.78, 5) is 16.8. The van der Waals surface area contributed by atoms with Gasteiger partial charge in [-0.25, -0.2) is 0 Å². The van der Waals surface area contributed by atoms with E-state index in [-0.39, 0.29) is 11.2 Å². The molecule has 25 heavy (non-hydrogen) atoms. The molecular formula is C21H36N2O2. The Morgan fingerprint density at radius 2 is 2.04 bits per heavy atom. The summed E-state index contributed by atoms with van der Waals surface area (Å²) in [5.74, 6) is 1.32. The first-order valence-corrected chi connectivity index (χ1v) is 9.86. The second-order valence-electron chi connectivity index (χ2n) is 8.35. The molecule has 0 bridgehead atoms. The van der Waals surface area contributed by atoms with Crippen molar-refractivity contribution >= 4 is 0 Å². The molecule has 0 aliphatic carbocycles. The summed E-state index contributed by atoms with van der Waals surface area (Å²) in [5, 5.41) is 0. The van der Waals surface area contributed by atoms with Gasteiger partial charge < -0.3 is 14.6 Å². The monoisotopic (exact) mass is 348 g/mol. The average molecular weight is 349 g/mol. The van der Waals surface area contributed by atoms with Crippen molar-refractivity contribution in [1.82, 2.24) is 9.88 Å². The van der Waals surface area contributed by atoms with Crippen LogP contribution in [0.1, 0.15) is 70.8 Å². The molecule has 0 aromatic carbocycles. The van der Waals surface area contributed by atoms with Crippen molar-refractivity contribution in [3.05, 3.63) is 34.2 Å². The zero-order valence-corrected chi connectivity index (χ0v) is 16.5. The van der Waals surface area contributed by atoms with Gasteiger partial charge in [-0.1, -0.05) is 19.8 Å². The van der Waals surface area contributed by atoms with Gasteiger partial charge in [0.2, 0.25) is 5.56 Å². The van der Waals surface area contributed by atoms with Crippen molar-refractivity contribution in [3.63, 3.8) is 0 Å². The van der Waals surface area contributed by atoms with E-state index in [1.165, 1.54) is 44.2 Å². The molecule has 0 spiro atoms. The fourth-order valence-corrected chi connectivity index (χ4v) is 3.73. The predicted octanol–water partition coefficient (Wildman–Crippen LogP) is 4.18. The van der Waals surface area contributed by atoms with E-state index < -0.39 is 0 Å². The Balaban J connectivity index is 1.64. The van der Waals surface area contributed by atoms with E-state index in [1.54, 1.807) is 19.4 Å². The Hall–Kier alpha value is -1.13. The lowest BCUT2D eigenvalue weighted by atomic mass is 9.89. The standard InChI is InChI=1S/C21H36N2O2/c1-17(6-5-11-21(2,3)25-4)8-13-23-14-9-18(10-15-23)19-7-12-22-20(24)16-19/h7,12,16-18H,5-6,8-11,13-15H2,1-4H3,(H,22,24). The van der Waals surface area contributed by atoms with E-state index in [4.69, 9.17) is 4.74 Å².